The van der Waals surface area contributed by atoms with Crippen molar-refractivity contribution in [3.63, 3.8) is 0 Å². The molecule has 0 saturated carbocycles. The molecule has 0 aliphatic carbocycles. The Morgan fingerprint density at radius 3 is 2.73 bits per heavy atom. The zero-order chi connectivity index (χ0) is 25.8. The molecule has 0 amide bonds. The summed E-state index contributed by atoms with van der Waals surface area (Å²) in [6.07, 6.45) is -1.22. The van der Waals surface area contributed by atoms with Gasteiger partial charge in [0, 0.05) is 36.9 Å². The number of alkyl halides is 3. The summed E-state index contributed by atoms with van der Waals surface area (Å²) in [4.78, 5) is 12.4. The Bertz CT molecular complexity index is 1200. The maximum Gasteiger partial charge on any atom is 0.434 e. The van der Waals surface area contributed by atoms with Crippen LogP contribution in [0.15, 0.2) is 23.8 Å². The molecule has 0 bridgehead atoms. The van der Waals surface area contributed by atoms with Gasteiger partial charge < -0.3 is 29.6 Å². The predicted octanol–water partition coefficient (Wildman–Crippen LogP) is 4.55. The summed E-state index contributed by atoms with van der Waals surface area (Å²) in [5.41, 5.74) is -0.425. The summed E-state index contributed by atoms with van der Waals surface area (Å²) < 4.78 is 63.0. The first-order valence-electron chi connectivity index (χ1n) is 12.2. The number of aromatic nitrogens is 3. The average Bonchev–Trinajstić information content (AvgIpc) is 3.38. The predicted molar refractivity (Wildman–Crippen MR) is 132 cm³/mol. The number of benzene rings is 1. The van der Waals surface area contributed by atoms with Crippen molar-refractivity contribution >= 4 is 33.2 Å². The van der Waals surface area contributed by atoms with Gasteiger partial charge in [-0.2, -0.15) is 13.2 Å². The summed E-state index contributed by atoms with van der Waals surface area (Å²) in [5.74, 6) is 1.36. The van der Waals surface area contributed by atoms with Crippen molar-refractivity contribution in [3.05, 3.63) is 29.5 Å². The van der Waals surface area contributed by atoms with Gasteiger partial charge >= 0.3 is 6.18 Å². The standard InChI is InChI=1S/C24H28F3N5O4S/c1-2-18(17-11-34-8-5-28-17)36-15-9-16-21(19(10-15)35-14-3-6-33-7-4-14)22(30-13-29-16)32-23-31-20(12-37-23)24(25,26)27/h9-10,12-14,17-18,28H,2-8,11H2,1H3,(H,29,30,31,32). The summed E-state index contributed by atoms with van der Waals surface area (Å²) >= 11 is 0.848. The highest BCUT2D eigenvalue weighted by molar-refractivity contribution is 7.13. The highest BCUT2D eigenvalue weighted by Crippen LogP contribution is 2.38. The lowest BCUT2D eigenvalue weighted by Gasteiger charge is -2.31. The van der Waals surface area contributed by atoms with E-state index < -0.39 is 11.9 Å². The van der Waals surface area contributed by atoms with Crippen LogP contribution in [0.1, 0.15) is 31.9 Å². The van der Waals surface area contributed by atoms with E-state index in [1.54, 1.807) is 12.1 Å². The van der Waals surface area contributed by atoms with Crippen LogP contribution in [-0.2, 0) is 15.7 Å². The van der Waals surface area contributed by atoms with Gasteiger partial charge in [-0.05, 0) is 6.42 Å². The van der Waals surface area contributed by atoms with E-state index in [1.165, 1.54) is 6.33 Å². The molecule has 2 saturated heterocycles. The van der Waals surface area contributed by atoms with Crippen LogP contribution in [0.25, 0.3) is 10.9 Å². The highest BCUT2D eigenvalue weighted by atomic mass is 32.1. The first-order chi connectivity index (χ1) is 17.9. The van der Waals surface area contributed by atoms with Crippen LogP contribution in [0.5, 0.6) is 11.5 Å². The molecule has 200 valence electrons. The monoisotopic (exact) mass is 539 g/mol. The Kier molecular flexibility index (Phi) is 7.93. The van der Waals surface area contributed by atoms with E-state index >= 15 is 0 Å². The van der Waals surface area contributed by atoms with E-state index in [-0.39, 0.29) is 23.4 Å². The molecule has 2 unspecified atom stereocenters. The smallest absolute Gasteiger partial charge is 0.434 e. The Morgan fingerprint density at radius 1 is 1.19 bits per heavy atom. The molecule has 3 aromatic rings. The molecule has 37 heavy (non-hydrogen) atoms. The Labute approximate surface area is 215 Å². The summed E-state index contributed by atoms with van der Waals surface area (Å²) in [6.45, 7) is 5.21. The van der Waals surface area contributed by atoms with E-state index in [4.69, 9.17) is 18.9 Å². The number of morpholine rings is 1. The minimum Gasteiger partial charge on any atom is -0.489 e. The number of nitrogens with zero attached hydrogens (tertiary/aromatic N) is 3. The fourth-order valence-electron chi connectivity index (χ4n) is 4.37. The van der Waals surface area contributed by atoms with Crippen molar-refractivity contribution in [1.82, 2.24) is 20.3 Å². The maximum absolute atomic E-state index is 13.1. The molecule has 5 rings (SSSR count). The number of anilines is 2. The molecule has 2 aromatic heterocycles. The lowest BCUT2D eigenvalue weighted by molar-refractivity contribution is -0.140. The molecule has 0 spiro atoms. The molecule has 2 atom stereocenters. The zero-order valence-electron chi connectivity index (χ0n) is 20.2. The van der Waals surface area contributed by atoms with Gasteiger partial charge in [0.15, 0.2) is 10.8 Å². The quantitative estimate of drug-likeness (QED) is 0.427. The van der Waals surface area contributed by atoms with Crippen LogP contribution in [0.3, 0.4) is 0 Å². The van der Waals surface area contributed by atoms with Gasteiger partial charge in [0.25, 0.3) is 0 Å². The number of rotatable bonds is 8. The number of hydrogen-bond donors (Lipinski definition) is 2. The molecule has 0 radical (unpaired) electrons. The Balaban J connectivity index is 1.49. The fourth-order valence-corrected chi connectivity index (χ4v) is 5.09. The maximum atomic E-state index is 13.1. The van der Waals surface area contributed by atoms with Gasteiger partial charge in [0.1, 0.15) is 35.9 Å². The molecule has 2 aliphatic rings. The van der Waals surface area contributed by atoms with Crippen molar-refractivity contribution < 1.29 is 32.1 Å². The number of halogens is 3. The van der Waals surface area contributed by atoms with Gasteiger partial charge in [-0.15, -0.1) is 11.3 Å². The van der Waals surface area contributed by atoms with Crippen LogP contribution < -0.4 is 20.1 Å². The van der Waals surface area contributed by atoms with Crippen molar-refractivity contribution in [3.8, 4) is 11.5 Å². The van der Waals surface area contributed by atoms with Gasteiger partial charge in [-0.25, -0.2) is 15.0 Å². The molecule has 4 heterocycles. The van der Waals surface area contributed by atoms with E-state index in [2.05, 4.69) is 32.5 Å². The zero-order valence-corrected chi connectivity index (χ0v) is 21.0. The number of ether oxygens (including phenoxy) is 4. The van der Waals surface area contributed by atoms with E-state index in [0.29, 0.717) is 67.5 Å². The lowest BCUT2D eigenvalue weighted by Crippen LogP contribution is -2.50. The second-order valence-electron chi connectivity index (χ2n) is 8.83. The molecular weight excluding hydrogens is 511 g/mol. The normalized spacial score (nSPS) is 20.1. The second-order valence-corrected chi connectivity index (χ2v) is 9.69. The first kappa shape index (κ1) is 25.9. The van der Waals surface area contributed by atoms with Crippen LogP contribution in [0, 0.1) is 0 Å². The summed E-state index contributed by atoms with van der Waals surface area (Å²) in [6, 6.07) is 3.63. The third kappa shape index (κ3) is 6.22. The van der Waals surface area contributed by atoms with Gasteiger partial charge in [-0.1, -0.05) is 6.92 Å². The van der Waals surface area contributed by atoms with Gasteiger partial charge in [-0.3, -0.25) is 0 Å². The topological polar surface area (TPSA) is 99.7 Å². The van der Waals surface area contributed by atoms with Crippen molar-refractivity contribution in [2.75, 3.05) is 38.3 Å². The van der Waals surface area contributed by atoms with Crippen LogP contribution in [0.4, 0.5) is 24.1 Å². The van der Waals surface area contributed by atoms with E-state index in [9.17, 15) is 13.2 Å². The summed E-state index contributed by atoms with van der Waals surface area (Å²) in [5, 5.41) is 7.94. The molecule has 1 aromatic carbocycles. The van der Waals surface area contributed by atoms with E-state index in [1.807, 2.05) is 0 Å². The van der Waals surface area contributed by atoms with Crippen molar-refractivity contribution in [2.45, 2.75) is 50.6 Å². The van der Waals surface area contributed by atoms with Crippen molar-refractivity contribution in [2.24, 2.45) is 0 Å². The first-order valence-corrected chi connectivity index (χ1v) is 13.1. The third-order valence-corrected chi connectivity index (χ3v) is 7.00. The largest absolute Gasteiger partial charge is 0.489 e. The molecular formula is C24H28F3N5O4S. The summed E-state index contributed by atoms with van der Waals surface area (Å²) in [7, 11) is 0. The van der Waals surface area contributed by atoms with Crippen LogP contribution in [0.2, 0.25) is 0 Å². The molecule has 2 fully saturated rings. The third-order valence-electron chi connectivity index (χ3n) is 6.25. The van der Waals surface area contributed by atoms with Gasteiger partial charge in [0.05, 0.1) is 43.4 Å². The van der Waals surface area contributed by atoms with Crippen molar-refractivity contribution in [1.29, 1.82) is 0 Å². The van der Waals surface area contributed by atoms with E-state index in [0.717, 1.165) is 29.7 Å². The van der Waals surface area contributed by atoms with Gasteiger partial charge in [0.2, 0.25) is 0 Å². The second kappa shape index (κ2) is 11.3. The Hall–Kier alpha value is -2.74. The number of hydrogen-bond acceptors (Lipinski definition) is 10. The number of thiazole rings is 1. The SMILES string of the molecule is CCC(Oc1cc(OC2CCOCC2)c2c(Nc3nc(C(F)(F)F)cs3)ncnc2c1)C1COCCN1. The molecule has 2 aliphatic heterocycles. The number of nitrogens with one attached hydrogen (secondary N) is 2. The van der Waals surface area contributed by atoms with Crippen LogP contribution >= 0.6 is 11.3 Å². The minimum atomic E-state index is -4.53. The Morgan fingerprint density at radius 2 is 2.03 bits per heavy atom. The minimum absolute atomic E-state index is 0.0460. The average molecular weight is 540 g/mol. The number of fused-ring (bicyclic) bond motifs is 1. The molecule has 9 nitrogen and oxygen atoms in total. The highest BCUT2D eigenvalue weighted by Gasteiger charge is 2.34. The fraction of sp³-hybridized carbons (Fsp3) is 0.542. The van der Waals surface area contributed by atoms with Crippen LogP contribution in [-0.4, -0.2) is 66.2 Å². The molecule has 13 heteroatoms. The molecule has 2 N–H and O–H groups in total. The lowest BCUT2D eigenvalue weighted by atomic mass is 10.1.